The second-order valence-electron chi connectivity index (χ2n) is 6.10. The summed E-state index contributed by atoms with van der Waals surface area (Å²) in [6.45, 7) is 6.97. The summed E-state index contributed by atoms with van der Waals surface area (Å²) < 4.78 is 3.30. The number of aromatic nitrogens is 3. The highest BCUT2D eigenvalue weighted by molar-refractivity contribution is 7.13. The Balaban J connectivity index is 1.82. The normalized spacial score (nSPS) is 14.7. The van der Waals surface area contributed by atoms with E-state index in [0.717, 1.165) is 23.7 Å². The van der Waals surface area contributed by atoms with Gasteiger partial charge in [0, 0.05) is 45.1 Å². The van der Waals surface area contributed by atoms with Gasteiger partial charge in [-0.1, -0.05) is 12.1 Å². The van der Waals surface area contributed by atoms with Crippen molar-refractivity contribution in [1.82, 2.24) is 24.2 Å². The summed E-state index contributed by atoms with van der Waals surface area (Å²) in [4.78, 5) is 32.7. The molecule has 0 atom stereocenters. The molecule has 7 nitrogen and oxygen atoms in total. The van der Waals surface area contributed by atoms with Crippen molar-refractivity contribution in [2.45, 2.75) is 6.54 Å². The number of rotatable bonds is 4. The summed E-state index contributed by atoms with van der Waals surface area (Å²) >= 11 is 1.56. The zero-order chi connectivity index (χ0) is 18.1. The Morgan fingerprint density at radius 3 is 2.85 bits per heavy atom. The van der Waals surface area contributed by atoms with E-state index in [9.17, 15) is 9.59 Å². The van der Waals surface area contributed by atoms with Crippen molar-refractivity contribution in [1.29, 1.82) is 0 Å². The minimum Gasteiger partial charge on any atom is -0.335 e. The van der Waals surface area contributed by atoms with Gasteiger partial charge in [-0.25, -0.2) is 4.98 Å². The van der Waals surface area contributed by atoms with Gasteiger partial charge in [-0.05, 0) is 11.4 Å². The predicted molar refractivity (Wildman–Crippen MR) is 102 cm³/mol. The molecule has 0 spiro atoms. The third-order valence-corrected chi connectivity index (χ3v) is 5.32. The van der Waals surface area contributed by atoms with Gasteiger partial charge in [0.05, 0.1) is 10.6 Å². The maximum absolute atomic E-state index is 12.9. The van der Waals surface area contributed by atoms with Crippen LogP contribution in [0.2, 0.25) is 0 Å². The van der Waals surface area contributed by atoms with Crippen LogP contribution in [0.3, 0.4) is 0 Å². The van der Waals surface area contributed by atoms with E-state index in [1.165, 1.54) is 0 Å². The molecule has 134 valence electrons. The van der Waals surface area contributed by atoms with Crippen LogP contribution in [0.15, 0.2) is 47.4 Å². The molecule has 1 N–H and O–H groups in total. The van der Waals surface area contributed by atoms with Crippen molar-refractivity contribution in [2.75, 3.05) is 26.2 Å². The summed E-state index contributed by atoms with van der Waals surface area (Å²) in [5.74, 6) is -0.137. The molecule has 3 aromatic rings. The fourth-order valence-corrected chi connectivity index (χ4v) is 3.89. The zero-order valence-corrected chi connectivity index (χ0v) is 15.0. The minimum atomic E-state index is -0.227. The first-order valence-corrected chi connectivity index (χ1v) is 9.34. The van der Waals surface area contributed by atoms with Crippen LogP contribution < -0.4 is 10.9 Å². The number of piperazine rings is 1. The number of imidazole rings is 1. The number of hydrogen-bond donors (Lipinski definition) is 1. The van der Waals surface area contributed by atoms with Crippen molar-refractivity contribution >= 4 is 22.9 Å². The number of nitrogens with zero attached hydrogens (tertiary/aromatic N) is 4. The number of carbonyl (C=O) groups is 1. The molecule has 0 radical (unpaired) electrons. The van der Waals surface area contributed by atoms with Crippen LogP contribution in [0, 0.1) is 0 Å². The van der Waals surface area contributed by atoms with Crippen molar-refractivity contribution in [3.63, 3.8) is 0 Å². The molecule has 0 saturated carbocycles. The second kappa shape index (κ2) is 6.89. The lowest BCUT2D eigenvalue weighted by atomic mass is 10.3. The average Bonchev–Trinajstić information content (AvgIpc) is 3.34. The molecule has 4 rings (SSSR count). The summed E-state index contributed by atoms with van der Waals surface area (Å²) in [6.07, 6.45) is 5.19. The monoisotopic (exact) mass is 369 g/mol. The van der Waals surface area contributed by atoms with E-state index in [1.807, 2.05) is 23.7 Å². The Morgan fingerprint density at radius 1 is 1.35 bits per heavy atom. The van der Waals surface area contributed by atoms with Gasteiger partial charge in [0.15, 0.2) is 0 Å². The van der Waals surface area contributed by atoms with Crippen LogP contribution in [0.5, 0.6) is 0 Å². The molecular formula is C18H19N5O2S. The number of nitrogens with one attached hydrogen (secondary N) is 1. The first kappa shape index (κ1) is 16.7. The number of thiophene rings is 1. The van der Waals surface area contributed by atoms with E-state index in [2.05, 4.69) is 16.9 Å². The van der Waals surface area contributed by atoms with Crippen molar-refractivity contribution < 1.29 is 4.79 Å². The lowest BCUT2D eigenvalue weighted by Gasteiger charge is -2.26. The Morgan fingerprint density at radius 2 is 2.15 bits per heavy atom. The molecule has 1 amide bonds. The maximum atomic E-state index is 12.9. The molecule has 0 aliphatic carbocycles. The molecule has 0 bridgehead atoms. The van der Waals surface area contributed by atoms with Gasteiger partial charge in [-0.2, -0.15) is 0 Å². The Kier molecular flexibility index (Phi) is 4.44. The van der Waals surface area contributed by atoms with E-state index in [1.54, 1.807) is 37.5 Å². The van der Waals surface area contributed by atoms with E-state index < -0.39 is 0 Å². The van der Waals surface area contributed by atoms with Crippen molar-refractivity contribution in [3.8, 4) is 10.6 Å². The fraction of sp³-hybridized carbons (Fsp3) is 0.278. The molecule has 1 fully saturated rings. The van der Waals surface area contributed by atoms with E-state index in [4.69, 9.17) is 0 Å². The minimum absolute atomic E-state index is 0.137. The molecule has 0 unspecified atom stereocenters. The Bertz CT molecular complexity index is 1010. The number of carbonyl (C=O) groups excluding carboxylic acids is 1. The molecule has 1 aliphatic rings. The largest absolute Gasteiger partial charge is 0.335 e. The van der Waals surface area contributed by atoms with Gasteiger partial charge in [-0.15, -0.1) is 17.9 Å². The highest BCUT2D eigenvalue weighted by Gasteiger charge is 2.22. The first-order valence-electron chi connectivity index (χ1n) is 8.46. The van der Waals surface area contributed by atoms with Gasteiger partial charge in [0.1, 0.15) is 5.69 Å². The van der Waals surface area contributed by atoms with Gasteiger partial charge >= 0.3 is 0 Å². The SMILES string of the molecule is C=CCn1c(-c2cccs2)cn2cc(C(=O)N3CCNCC3)nc2c1=O. The summed E-state index contributed by atoms with van der Waals surface area (Å²) in [7, 11) is 0. The van der Waals surface area contributed by atoms with E-state index in [0.29, 0.717) is 25.3 Å². The molecule has 26 heavy (non-hydrogen) atoms. The summed E-state index contributed by atoms with van der Waals surface area (Å²) in [6, 6.07) is 3.91. The van der Waals surface area contributed by atoms with E-state index >= 15 is 0 Å². The highest BCUT2D eigenvalue weighted by Crippen LogP contribution is 2.24. The number of amides is 1. The zero-order valence-electron chi connectivity index (χ0n) is 14.2. The maximum Gasteiger partial charge on any atom is 0.295 e. The second-order valence-corrected chi connectivity index (χ2v) is 7.04. The number of hydrogen-bond acceptors (Lipinski definition) is 5. The molecule has 0 aromatic carbocycles. The number of allylic oxidation sites excluding steroid dienone is 1. The third-order valence-electron chi connectivity index (χ3n) is 4.43. The summed E-state index contributed by atoms with van der Waals surface area (Å²) in [5, 5.41) is 5.19. The van der Waals surface area contributed by atoms with Crippen LogP contribution in [-0.2, 0) is 6.54 Å². The van der Waals surface area contributed by atoms with Crippen molar-refractivity contribution in [3.05, 3.63) is 58.6 Å². The molecule has 3 aromatic heterocycles. The standard InChI is InChI=1S/C18H19N5O2S/c1-2-7-23-14(15-4-3-10-26-15)12-22-11-13(20-16(22)18(23)25)17(24)21-8-5-19-6-9-21/h2-4,10-12,19H,1,5-9H2. The quantitative estimate of drug-likeness (QED) is 0.707. The lowest BCUT2D eigenvalue weighted by Crippen LogP contribution is -2.46. The van der Waals surface area contributed by atoms with Gasteiger partial charge in [0.2, 0.25) is 5.65 Å². The molecule has 8 heteroatoms. The third kappa shape index (κ3) is 2.87. The number of fused-ring (bicyclic) bond motifs is 1. The Labute approximate surface area is 154 Å². The van der Waals surface area contributed by atoms with E-state index in [-0.39, 0.29) is 17.1 Å². The average molecular weight is 369 g/mol. The molecule has 1 saturated heterocycles. The molecular weight excluding hydrogens is 350 g/mol. The summed E-state index contributed by atoms with van der Waals surface area (Å²) in [5.41, 5.74) is 1.12. The van der Waals surface area contributed by atoms with Crippen LogP contribution >= 0.6 is 11.3 Å². The molecule has 1 aliphatic heterocycles. The highest BCUT2D eigenvalue weighted by atomic mass is 32.1. The van der Waals surface area contributed by atoms with Crippen LogP contribution in [0.4, 0.5) is 0 Å². The Hall–Kier alpha value is -2.71. The van der Waals surface area contributed by atoms with Gasteiger partial charge in [-0.3, -0.25) is 18.6 Å². The van der Waals surface area contributed by atoms with Gasteiger partial charge < -0.3 is 10.2 Å². The molecule has 4 heterocycles. The first-order chi connectivity index (χ1) is 12.7. The predicted octanol–water partition coefficient (Wildman–Crippen LogP) is 1.46. The smallest absolute Gasteiger partial charge is 0.295 e. The topological polar surface area (TPSA) is 71.6 Å². The van der Waals surface area contributed by atoms with Crippen LogP contribution in [0.25, 0.3) is 16.2 Å². The van der Waals surface area contributed by atoms with Crippen LogP contribution in [-0.4, -0.2) is 50.9 Å². The van der Waals surface area contributed by atoms with Gasteiger partial charge in [0.25, 0.3) is 11.5 Å². The lowest BCUT2D eigenvalue weighted by molar-refractivity contribution is 0.0730. The van der Waals surface area contributed by atoms with Crippen molar-refractivity contribution in [2.24, 2.45) is 0 Å². The fourth-order valence-electron chi connectivity index (χ4n) is 3.15. The van der Waals surface area contributed by atoms with Crippen LogP contribution in [0.1, 0.15) is 10.5 Å².